The molecule has 118 valence electrons. The van der Waals surface area contributed by atoms with E-state index in [0.29, 0.717) is 19.1 Å². The van der Waals surface area contributed by atoms with Gasteiger partial charge in [0, 0.05) is 20.2 Å². The van der Waals surface area contributed by atoms with Gasteiger partial charge in [0.2, 0.25) is 0 Å². The van der Waals surface area contributed by atoms with Gasteiger partial charge in [0.15, 0.2) is 0 Å². The molecule has 0 aliphatic carbocycles. The summed E-state index contributed by atoms with van der Waals surface area (Å²) in [5.74, 6) is 0.432. The maximum absolute atomic E-state index is 12.2. The Kier molecular flexibility index (Phi) is 7.48. The number of carbonyl (C=O) groups excluding carboxylic acids is 1. The predicted molar refractivity (Wildman–Crippen MR) is 79.8 cm³/mol. The fourth-order valence-corrected chi connectivity index (χ4v) is 2.76. The summed E-state index contributed by atoms with van der Waals surface area (Å²) in [7, 11) is 1.74. The molecule has 0 aromatic carbocycles. The lowest BCUT2D eigenvalue weighted by Gasteiger charge is -2.32. The van der Waals surface area contributed by atoms with Crippen LogP contribution in [0.25, 0.3) is 0 Å². The molecule has 1 N–H and O–H groups in total. The molecule has 1 saturated heterocycles. The molecule has 0 aromatic rings. The summed E-state index contributed by atoms with van der Waals surface area (Å²) in [5, 5.41) is 3.36. The first-order valence-electron chi connectivity index (χ1n) is 7.69. The van der Waals surface area contributed by atoms with Gasteiger partial charge in [-0.2, -0.15) is 0 Å². The molecule has 5 nitrogen and oxygen atoms in total. The zero-order valence-electron chi connectivity index (χ0n) is 13.4. The average molecular weight is 286 g/mol. The first-order valence-corrected chi connectivity index (χ1v) is 7.69. The lowest BCUT2D eigenvalue weighted by molar-refractivity contribution is -0.151. The van der Waals surface area contributed by atoms with Crippen LogP contribution in [-0.2, 0) is 14.3 Å². The van der Waals surface area contributed by atoms with E-state index < -0.39 is 5.54 Å². The summed E-state index contributed by atoms with van der Waals surface area (Å²) in [6.45, 7) is 10.7. The summed E-state index contributed by atoms with van der Waals surface area (Å²) in [4.78, 5) is 14.6. The molecule has 5 heteroatoms. The molecule has 0 amide bonds. The summed E-state index contributed by atoms with van der Waals surface area (Å²) in [6.07, 6.45) is 2.14. The summed E-state index contributed by atoms with van der Waals surface area (Å²) >= 11 is 0. The van der Waals surface area contributed by atoms with E-state index in [-0.39, 0.29) is 5.97 Å². The third-order valence-corrected chi connectivity index (χ3v) is 3.80. The van der Waals surface area contributed by atoms with Crippen molar-refractivity contribution in [3.05, 3.63) is 0 Å². The van der Waals surface area contributed by atoms with Gasteiger partial charge >= 0.3 is 5.97 Å². The number of ether oxygens (including phenoxy) is 2. The molecule has 0 aromatic heterocycles. The number of hydrogen-bond acceptors (Lipinski definition) is 5. The van der Waals surface area contributed by atoms with Gasteiger partial charge in [-0.3, -0.25) is 4.79 Å². The van der Waals surface area contributed by atoms with Gasteiger partial charge < -0.3 is 19.7 Å². The maximum atomic E-state index is 12.2. The molecule has 1 rings (SSSR count). The van der Waals surface area contributed by atoms with Gasteiger partial charge in [0.25, 0.3) is 0 Å². The minimum Gasteiger partial charge on any atom is -0.465 e. The Labute approximate surface area is 123 Å². The van der Waals surface area contributed by atoms with Gasteiger partial charge in [-0.25, -0.2) is 0 Å². The van der Waals surface area contributed by atoms with Crippen LogP contribution < -0.4 is 5.32 Å². The van der Waals surface area contributed by atoms with Gasteiger partial charge in [0.05, 0.1) is 13.2 Å². The predicted octanol–water partition coefficient (Wildman–Crippen LogP) is 1.28. The van der Waals surface area contributed by atoms with Crippen molar-refractivity contribution in [2.24, 2.45) is 5.92 Å². The van der Waals surface area contributed by atoms with E-state index in [9.17, 15) is 4.79 Å². The first kappa shape index (κ1) is 17.4. The van der Waals surface area contributed by atoms with Crippen molar-refractivity contribution in [3.8, 4) is 0 Å². The smallest absolute Gasteiger partial charge is 0.327 e. The number of rotatable bonds is 9. The number of nitrogens with one attached hydrogen (secondary N) is 1. The Morgan fingerprint density at radius 1 is 1.45 bits per heavy atom. The normalized spacial score (nSPS) is 22.7. The van der Waals surface area contributed by atoms with Crippen molar-refractivity contribution in [2.45, 2.75) is 39.2 Å². The third kappa shape index (κ3) is 5.04. The van der Waals surface area contributed by atoms with Gasteiger partial charge in [-0.15, -0.1) is 0 Å². The molecule has 20 heavy (non-hydrogen) atoms. The lowest BCUT2D eigenvalue weighted by atomic mass is 10.0. The highest BCUT2D eigenvalue weighted by Crippen LogP contribution is 2.20. The zero-order valence-corrected chi connectivity index (χ0v) is 13.4. The average Bonchev–Trinajstić information content (AvgIpc) is 2.84. The van der Waals surface area contributed by atoms with E-state index in [1.165, 1.54) is 0 Å². The highest BCUT2D eigenvalue weighted by molar-refractivity contribution is 5.80. The Hall–Kier alpha value is -0.650. The van der Waals surface area contributed by atoms with Crippen molar-refractivity contribution in [3.63, 3.8) is 0 Å². The van der Waals surface area contributed by atoms with Crippen LogP contribution in [-0.4, -0.2) is 62.9 Å². The molecule has 0 spiro atoms. The molecule has 2 unspecified atom stereocenters. The number of esters is 1. The SMILES string of the molecule is CCCNC(C)(CN1CCC(COC)C1)C(=O)OCC. The molecule has 0 radical (unpaired) electrons. The number of likely N-dealkylation sites (tertiary alicyclic amines) is 1. The largest absolute Gasteiger partial charge is 0.465 e. The number of nitrogens with zero attached hydrogens (tertiary/aromatic N) is 1. The monoisotopic (exact) mass is 286 g/mol. The summed E-state index contributed by atoms with van der Waals surface area (Å²) in [6, 6.07) is 0. The van der Waals surface area contributed by atoms with E-state index in [1.807, 2.05) is 13.8 Å². The summed E-state index contributed by atoms with van der Waals surface area (Å²) < 4.78 is 10.5. The van der Waals surface area contributed by atoms with E-state index in [2.05, 4.69) is 17.1 Å². The van der Waals surface area contributed by atoms with Crippen molar-refractivity contribution >= 4 is 5.97 Å². The first-order chi connectivity index (χ1) is 9.55. The molecule has 0 bridgehead atoms. The second-order valence-electron chi connectivity index (χ2n) is 5.82. The number of methoxy groups -OCH3 is 1. The number of hydrogen-bond donors (Lipinski definition) is 1. The van der Waals surface area contributed by atoms with E-state index in [1.54, 1.807) is 7.11 Å². The molecule has 2 atom stereocenters. The van der Waals surface area contributed by atoms with Crippen molar-refractivity contribution in [1.29, 1.82) is 0 Å². The lowest BCUT2D eigenvalue weighted by Crippen LogP contribution is -2.57. The van der Waals surface area contributed by atoms with Crippen LogP contribution in [0.2, 0.25) is 0 Å². The molecule has 0 saturated carbocycles. The van der Waals surface area contributed by atoms with E-state index in [4.69, 9.17) is 9.47 Å². The van der Waals surface area contributed by atoms with E-state index in [0.717, 1.165) is 39.1 Å². The minimum atomic E-state index is -0.617. The molecule has 1 aliphatic rings. The Morgan fingerprint density at radius 2 is 2.20 bits per heavy atom. The van der Waals surface area contributed by atoms with Crippen LogP contribution in [0, 0.1) is 5.92 Å². The van der Waals surface area contributed by atoms with Gasteiger partial charge in [-0.1, -0.05) is 6.92 Å². The Bertz CT molecular complexity index is 299. The van der Waals surface area contributed by atoms with Gasteiger partial charge in [0.1, 0.15) is 5.54 Å². The third-order valence-electron chi connectivity index (χ3n) is 3.80. The van der Waals surface area contributed by atoms with E-state index >= 15 is 0 Å². The molecular weight excluding hydrogens is 256 g/mol. The molecular formula is C15H30N2O3. The van der Waals surface area contributed by atoms with Crippen LogP contribution >= 0.6 is 0 Å². The highest BCUT2D eigenvalue weighted by atomic mass is 16.5. The zero-order chi connectivity index (χ0) is 15.0. The highest BCUT2D eigenvalue weighted by Gasteiger charge is 2.37. The minimum absolute atomic E-state index is 0.149. The molecule has 1 fully saturated rings. The quantitative estimate of drug-likeness (QED) is 0.647. The van der Waals surface area contributed by atoms with Crippen LogP contribution in [0.3, 0.4) is 0 Å². The Morgan fingerprint density at radius 3 is 2.80 bits per heavy atom. The van der Waals surface area contributed by atoms with Crippen molar-refractivity contribution in [1.82, 2.24) is 10.2 Å². The molecule has 1 heterocycles. The van der Waals surface area contributed by atoms with Crippen LogP contribution in [0.4, 0.5) is 0 Å². The van der Waals surface area contributed by atoms with Gasteiger partial charge in [-0.05, 0) is 45.7 Å². The summed E-state index contributed by atoms with van der Waals surface area (Å²) in [5.41, 5.74) is -0.617. The second-order valence-corrected chi connectivity index (χ2v) is 5.82. The fourth-order valence-electron chi connectivity index (χ4n) is 2.76. The topological polar surface area (TPSA) is 50.8 Å². The van der Waals surface area contributed by atoms with Crippen molar-refractivity contribution in [2.75, 3.05) is 46.5 Å². The maximum Gasteiger partial charge on any atom is 0.327 e. The number of carbonyl (C=O) groups is 1. The standard InChI is InChI=1S/C15H30N2O3/c1-5-8-16-15(3,14(18)20-6-2)12-17-9-7-13(10-17)11-19-4/h13,16H,5-12H2,1-4H3. The fraction of sp³-hybridized carbons (Fsp3) is 0.933. The Balaban J connectivity index is 2.58. The van der Waals surface area contributed by atoms with Crippen LogP contribution in [0.1, 0.15) is 33.6 Å². The van der Waals surface area contributed by atoms with Crippen LogP contribution in [0.5, 0.6) is 0 Å². The second kappa shape index (κ2) is 8.60. The van der Waals surface area contributed by atoms with Crippen molar-refractivity contribution < 1.29 is 14.3 Å². The van der Waals surface area contributed by atoms with Crippen LogP contribution in [0.15, 0.2) is 0 Å². The molecule has 1 aliphatic heterocycles.